The molecule has 1 unspecified atom stereocenters. The summed E-state index contributed by atoms with van der Waals surface area (Å²) in [4.78, 5) is 23.0. The molecule has 0 aliphatic rings. The first-order valence-corrected chi connectivity index (χ1v) is 6.77. The van der Waals surface area contributed by atoms with Crippen LogP contribution < -0.4 is 10.6 Å². The molecule has 1 rings (SSSR count). The average molecular weight is 329 g/mol. The Labute approximate surface area is 120 Å². The standard InChI is InChI=1S/C13H17BrN2O3/c1-9(17)8-16-12(18)6-7-15-13(19)10-2-4-11(14)5-3-10/h2-5,9,17H,6-8H2,1H3,(H,15,19)(H,16,18). The smallest absolute Gasteiger partial charge is 0.251 e. The summed E-state index contributed by atoms with van der Waals surface area (Å²) in [6, 6.07) is 6.97. The summed E-state index contributed by atoms with van der Waals surface area (Å²) in [6.45, 7) is 2.08. The predicted octanol–water partition coefficient (Wildman–Crippen LogP) is 1.07. The minimum atomic E-state index is -0.568. The van der Waals surface area contributed by atoms with Gasteiger partial charge in [-0.2, -0.15) is 0 Å². The molecule has 0 saturated heterocycles. The maximum Gasteiger partial charge on any atom is 0.251 e. The highest BCUT2D eigenvalue weighted by molar-refractivity contribution is 9.10. The lowest BCUT2D eigenvalue weighted by Crippen LogP contribution is -2.34. The van der Waals surface area contributed by atoms with Crippen LogP contribution in [0.4, 0.5) is 0 Å². The Kier molecular flexibility index (Phi) is 6.52. The van der Waals surface area contributed by atoms with Crippen molar-refractivity contribution in [3.8, 4) is 0 Å². The molecular weight excluding hydrogens is 312 g/mol. The molecule has 104 valence electrons. The van der Waals surface area contributed by atoms with E-state index in [2.05, 4.69) is 26.6 Å². The first-order chi connectivity index (χ1) is 8.99. The Morgan fingerprint density at radius 3 is 2.47 bits per heavy atom. The highest BCUT2D eigenvalue weighted by Gasteiger charge is 2.06. The summed E-state index contributed by atoms with van der Waals surface area (Å²) < 4.78 is 0.904. The lowest BCUT2D eigenvalue weighted by molar-refractivity contribution is -0.121. The summed E-state index contributed by atoms with van der Waals surface area (Å²) in [5.41, 5.74) is 0.549. The molecule has 0 fully saturated rings. The van der Waals surface area contributed by atoms with Gasteiger partial charge in [-0.3, -0.25) is 9.59 Å². The number of aliphatic hydroxyl groups excluding tert-OH is 1. The largest absolute Gasteiger partial charge is 0.392 e. The van der Waals surface area contributed by atoms with Crippen LogP contribution in [0.2, 0.25) is 0 Å². The fraction of sp³-hybridized carbons (Fsp3) is 0.385. The Bertz CT molecular complexity index is 432. The Morgan fingerprint density at radius 2 is 1.89 bits per heavy atom. The van der Waals surface area contributed by atoms with Crippen molar-refractivity contribution in [3.05, 3.63) is 34.3 Å². The maximum atomic E-state index is 11.7. The Balaban J connectivity index is 2.27. The zero-order valence-corrected chi connectivity index (χ0v) is 12.2. The van der Waals surface area contributed by atoms with E-state index in [-0.39, 0.29) is 31.3 Å². The van der Waals surface area contributed by atoms with Crippen LogP contribution in [0.3, 0.4) is 0 Å². The SMILES string of the molecule is CC(O)CNC(=O)CCNC(=O)c1ccc(Br)cc1. The second kappa shape index (κ2) is 7.91. The van der Waals surface area contributed by atoms with Crippen molar-refractivity contribution in [1.29, 1.82) is 0 Å². The van der Waals surface area contributed by atoms with E-state index < -0.39 is 6.10 Å². The lowest BCUT2D eigenvalue weighted by Gasteiger charge is -2.08. The summed E-state index contributed by atoms with van der Waals surface area (Å²) in [5, 5.41) is 14.2. The molecule has 0 heterocycles. The number of carbonyl (C=O) groups excluding carboxylic acids is 2. The number of amides is 2. The predicted molar refractivity (Wildman–Crippen MR) is 75.8 cm³/mol. The minimum absolute atomic E-state index is 0.189. The average Bonchev–Trinajstić information content (AvgIpc) is 2.37. The number of carbonyl (C=O) groups is 2. The molecule has 0 bridgehead atoms. The summed E-state index contributed by atoms with van der Waals surface area (Å²) in [5.74, 6) is -0.409. The van der Waals surface area contributed by atoms with Gasteiger partial charge in [0.1, 0.15) is 0 Å². The van der Waals surface area contributed by atoms with E-state index in [9.17, 15) is 9.59 Å². The van der Waals surface area contributed by atoms with Crippen molar-refractivity contribution in [3.63, 3.8) is 0 Å². The molecule has 1 aromatic carbocycles. The van der Waals surface area contributed by atoms with Crippen molar-refractivity contribution >= 4 is 27.7 Å². The van der Waals surface area contributed by atoms with Crippen molar-refractivity contribution in [2.75, 3.05) is 13.1 Å². The zero-order valence-electron chi connectivity index (χ0n) is 10.6. The molecule has 0 aromatic heterocycles. The van der Waals surface area contributed by atoms with Crippen LogP contribution in [-0.2, 0) is 4.79 Å². The van der Waals surface area contributed by atoms with Gasteiger partial charge in [-0.1, -0.05) is 15.9 Å². The van der Waals surface area contributed by atoms with Crippen LogP contribution in [0.15, 0.2) is 28.7 Å². The molecule has 5 nitrogen and oxygen atoms in total. The quantitative estimate of drug-likeness (QED) is 0.730. The molecule has 19 heavy (non-hydrogen) atoms. The monoisotopic (exact) mass is 328 g/mol. The molecule has 3 N–H and O–H groups in total. The number of nitrogens with one attached hydrogen (secondary N) is 2. The highest BCUT2D eigenvalue weighted by atomic mass is 79.9. The zero-order chi connectivity index (χ0) is 14.3. The topological polar surface area (TPSA) is 78.4 Å². The van der Waals surface area contributed by atoms with Gasteiger partial charge in [0.15, 0.2) is 0 Å². The van der Waals surface area contributed by atoms with Crippen LogP contribution in [0.1, 0.15) is 23.7 Å². The molecule has 0 saturated carbocycles. The van der Waals surface area contributed by atoms with Crippen molar-refractivity contribution in [1.82, 2.24) is 10.6 Å². The number of halogens is 1. The summed E-state index contributed by atoms with van der Waals surface area (Å²) >= 11 is 3.29. The molecular formula is C13H17BrN2O3. The molecule has 1 aromatic rings. The molecule has 2 amide bonds. The Hall–Kier alpha value is -1.40. The second-order valence-electron chi connectivity index (χ2n) is 4.17. The molecule has 0 aliphatic carbocycles. The van der Waals surface area contributed by atoms with E-state index >= 15 is 0 Å². The van der Waals surface area contributed by atoms with E-state index in [4.69, 9.17) is 5.11 Å². The minimum Gasteiger partial charge on any atom is -0.392 e. The van der Waals surface area contributed by atoms with Crippen molar-refractivity contribution in [2.24, 2.45) is 0 Å². The number of benzene rings is 1. The van der Waals surface area contributed by atoms with Crippen LogP contribution >= 0.6 is 15.9 Å². The Morgan fingerprint density at radius 1 is 1.26 bits per heavy atom. The normalized spacial score (nSPS) is 11.7. The first-order valence-electron chi connectivity index (χ1n) is 5.97. The third-order valence-electron chi connectivity index (χ3n) is 2.34. The first kappa shape index (κ1) is 15.7. The van der Waals surface area contributed by atoms with E-state index in [1.54, 1.807) is 31.2 Å². The van der Waals surface area contributed by atoms with E-state index in [0.717, 1.165) is 4.47 Å². The molecule has 1 atom stereocenters. The van der Waals surface area contributed by atoms with Gasteiger partial charge in [0.25, 0.3) is 5.91 Å². The van der Waals surface area contributed by atoms with Gasteiger partial charge in [0, 0.05) is 29.5 Å². The summed E-state index contributed by atoms with van der Waals surface area (Å²) in [6.07, 6.45) is -0.379. The third kappa shape index (κ3) is 6.35. The van der Waals surface area contributed by atoms with E-state index in [1.165, 1.54) is 0 Å². The van der Waals surface area contributed by atoms with Crippen LogP contribution in [0.5, 0.6) is 0 Å². The van der Waals surface area contributed by atoms with Gasteiger partial charge in [-0.25, -0.2) is 0 Å². The van der Waals surface area contributed by atoms with E-state index in [1.807, 2.05) is 0 Å². The second-order valence-corrected chi connectivity index (χ2v) is 5.08. The van der Waals surface area contributed by atoms with Gasteiger partial charge in [0.05, 0.1) is 6.10 Å². The van der Waals surface area contributed by atoms with Gasteiger partial charge >= 0.3 is 0 Å². The maximum absolute atomic E-state index is 11.7. The molecule has 6 heteroatoms. The van der Waals surface area contributed by atoms with Crippen LogP contribution in [0.25, 0.3) is 0 Å². The fourth-order valence-corrected chi connectivity index (χ4v) is 1.61. The number of aliphatic hydroxyl groups is 1. The third-order valence-corrected chi connectivity index (χ3v) is 2.87. The van der Waals surface area contributed by atoms with Gasteiger partial charge < -0.3 is 15.7 Å². The van der Waals surface area contributed by atoms with Gasteiger partial charge in [-0.15, -0.1) is 0 Å². The van der Waals surface area contributed by atoms with Crippen molar-refractivity contribution in [2.45, 2.75) is 19.4 Å². The molecule has 0 radical (unpaired) electrons. The number of hydrogen-bond acceptors (Lipinski definition) is 3. The van der Waals surface area contributed by atoms with Gasteiger partial charge in [0.2, 0.25) is 5.91 Å². The fourth-order valence-electron chi connectivity index (χ4n) is 1.34. The number of rotatable bonds is 6. The van der Waals surface area contributed by atoms with Crippen LogP contribution in [-0.4, -0.2) is 36.1 Å². The molecule has 0 spiro atoms. The highest BCUT2D eigenvalue weighted by Crippen LogP contribution is 2.10. The van der Waals surface area contributed by atoms with Crippen LogP contribution in [0, 0.1) is 0 Å². The lowest BCUT2D eigenvalue weighted by atomic mass is 10.2. The number of hydrogen-bond donors (Lipinski definition) is 3. The summed E-state index contributed by atoms with van der Waals surface area (Å²) in [7, 11) is 0. The molecule has 0 aliphatic heterocycles. The van der Waals surface area contributed by atoms with Crippen molar-refractivity contribution < 1.29 is 14.7 Å². The van der Waals surface area contributed by atoms with E-state index in [0.29, 0.717) is 5.56 Å². The van der Waals surface area contributed by atoms with Gasteiger partial charge in [-0.05, 0) is 31.2 Å².